The van der Waals surface area contributed by atoms with Gasteiger partial charge in [-0.15, -0.1) is 0 Å². The van der Waals surface area contributed by atoms with Gasteiger partial charge in [-0.3, -0.25) is 14.5 Å². The number of nitrogens with zero attached hydrogens (tertiary/aromatic N) is 1. The highest BCUT2D eigenvalue weighted by molar-refractivity contribution is 5.74. The molecule has 0 saturated carbocycles. The molecule has 5 nitrogen and oxygen atoms in total. The molecule has 0 aliphatic carbocycles. The molecule has 0 N–H and O–H groups in total. The zero-order valence-electron chi connectivity index (χ0n) is 21.1. The summed E-state index contributed by atoms with van der Waals surface area (Å²) in [5, 5.41) is 0. The molecule has 0 bridgehead atoms. The molecule has 0 spiro atoms. The fraction of sp³-hybridized carbons (Fsp3) is 0.500. The normalized spacial score (nSPS) is 12.5. The number of hydrogen-bond donors (Lipinski definition) is 0. The van der Waals surface area contributed by atoms with Gasteiger partial charge in [-0.05, 0) is 69.4 Å². The predicted molar refractivity (Wildman–Crippen MR) is 132 cm³/mol. The third-order valence-corrected chi connectivity index (χ3v) is 5.67. The molecule has 0 radical (unpaired) electrons. The summed E-state index contributed by atoms with van der Waals surface area (Å²) in [6, 6.07) is 17.2. The maximum Gasteiger partial charge on any atom is 0.313 e. The van der Waals surface area contributed by atoms with Gasteiger partial charge in [-0.1, -0.05) is 50.2 Å². The molecule has 0 amide bonds. The fourth-order valence-corrected chi connectivity index (χ4v) is 4.20. The summed E-state index contributed by atoms with van der Waals surface area (Å²) >= 11 is 0. The summed E-state index contributed by atoms with van der Waals surface area (Å²) in [5.74, 6) is -0.212. The fourth-order valence-electron chi connectivity index (χ4n) is 4.20. The molecule has 0 aliphatic heterocycles. The summed E-state index contributed by atoms with van der Waals surface area (Å²) in [6.45, 7) is 14.2. The van der Waals surface area contributed by atoms with Crippen LogP contribution in [0.4, 0.5) is 0 Å². The highest BCUT2D eigenvalue weighted by atomic mass is 16.5. The van der Waals surface area contributed by atoms with Crippen LogP contribution in [0.3, 0.4) is 0 Å². The van der Waals surface area contributed by atoms with Crippen LogP contribution < -0.4 is 4.74 Å². The van der Waals surface area contributed by atoms with E-state index in [1.807, 2.05) is 38.1 Å². The van der Waals surface area contributed by atoms with Crippen molar-refractivity contribution in [2.45, 2.75) is 86.0 Å². The van der Waals surface area contributed by atoms with Crippen LogP contribution in [-0.4, -0.2) is 28.9 Å². The van der Waals surface area contributed by atoms with Crippen molar-refractivity contribution in [3.8, 4) is 5.75 Å². The van der Waals surface area contributed by atoms with Crippen LogP contribution in [0.15, 0.2) is 48.5 Å². The van der Waals surface area contributed by atoms with Gasteiger partial charge in [0.2, 0.25) is 0 Å². The van der Waals surface area contributed by atoms with Crippen molar-refractivity contribution in [3.63, 3.8) is 0 Å². The monoisotopic (exact) mass is 453 g/mol. The molecule has 0 aromatic heterocycles. The van der Waals surface area contributed by atoms with Crippen LogP contribution in [0.2, 0.25) is 0 Å². The molecule has 2 rings (SSSR count). The van der Waals surface area contributed by atoms with Crippen molar-refractivity contribution in [1.29, 1.82) is 0 Å². The van der Waals surface area contributed by atoms with Crippen LogP contribution in [0.5, 0.6) is 5.75 Å². The van der Waals surface area contributed by atoms with Gasteiger partial charge in [0.1, 0.15) is 12.4 Å². The number of hydrogen-bond acceptors (Lipinski definition) is 5. The maximum absolute atomic E-state index is 12.3. The van der Waals surface area contributed by atoms with Gasteiger partial charge < -0.3 is 9.47 Å². The summed E-state index contributed by atoms with van der Waals surface area (Å²) in [4.78, 5) is 26.1. The molecular formula is C28H39NO4. The molecule has 2 aromatic rings. The van der Waals surface area contributed by atoms with E-state index in [-0.39, 0.29) is 30.5 Å². The molecule has 180 valence electrons. The number of aryl methyl sites for hydroxylation is 1. The molecule has 0 aliphatic rings. The molecule has 2 aromatic carbocycles. The first-order valence-corrected chi connectivity index (χ1v) is 11.9. The van der Waals surface area contributed by atoms with Gasteiger partial charge in [0, 0.05) is 25.0 Å². The van der Waals surface area contributed by atoms with Crippen LogP contribution in [0.1, 0.15) is 77.6 Å². The SMILES string of the molecule is CC(=O)OCc1ccc(OC(=O)C(C)C)c(CCC(c2ccccc2)N(C(C)C)C(C)C)c1. The van der Waals surface area contributed by atoms with E-state index in [4.69, 9.17) is 9.47 Å². The second-order valence-corrected chi connectivity index (χ2v) is 9.40. The Balaban J connectivity index is 2.37. The van der Waals surface area contributed by atoms with Gasteiger partial charge in [0.15, 0.2) is 0 Å². The Hall–Kier alpha value is -2.66. The summed E-state index contributed by atoms with van der Waals surface area (Å²) in [7, 11) is 0. The maximum atomic E-state index is 12.3. The first-order valence-electron chi connectivity index (χ1n) is 11.9. The Bertz CT molecular complexity index is 897. The van der Waals surface area contributed by atoms with Crippen molar-refractivity contribution >= 4 is 11.9 Å². The Kier molecular flexibility index (Phi) is 10.1. The smallest absolute Gasteiger partial charge is 0.313 e. The van der Waals surface area contributed by atoms with E-state index >= 15 is 0 Å². The first kappa shape index (κ1) is 26.6. The van der Waals surface area contributed by atoms with Gasteiger partial charge in [0.05, 0.1) is 5.92 Å². The van der Waals surface area contributed by atoms with E-state index in [9.17, 15) is 9.59 Å². The topological polar surface area (TPSA) is 55.8 Å². The van der Waals surface area contributed by atoms with Crippen molar-refractivity contribution in [2.75, 3.05) is 0 Å². The number of ether oxygens (including phenoxy) is 2. The highest BCUT2D eigenvalue weighted by Gasteiger charge is 2.26. The Morgan fingerprint density at radius 1 is 0.909 bits per heavy atom. The van der Waals surface area contributed by atoms with Crippen LogP contribution in [0.25, 0.3) is 0 Å². The average molecular weight is 454 g/mol. The van der Waals surface area contributed by atoms with Crippen molar-refractivity contribution < 1.29 is 19.1 Å². The lowest BCUT2D eigenvalue weighted by molar-refractivity contribution is -0.142. The molecule has 5 heteroatoms. The number of rotatable bonds is 11. The zero-order chi connectivity index (χ0) is 24.5. The standard InChI is InChI=1S/C28H39NO4/c1-19(2)28(31)33-27-16-13-23(18-32-22(7)30)17-25(27)14-15-26(24-11-9-8-10-12-24)29(20(3)4)21(5)6/h8-13,16-17,19-21,26H,14-15,18H2,1-7H3. The lowest BCUT2D eigenvalue weighted by Crippen LogP contribution is -2.40. The number of esters is 2. The largest absolute Gasteiger partial charge is 0.461 e. The predicted octanol–water partition coefficient (Wildman–Crippen LogP) is 6.10. The van der Waals surface area contributed by atoms with E-state index in [1.165, 1.54) is 12.5 Å². The molecule has 1 unspecified atom stereocenters. The minimum absolute atomic E-state index is 0.201. The van der Waals surface area contributed by atoms with Gasteiger partial charge in [-0.25, -0.2) is 0 Å². The molecule has 33 heavy (non-hydrogen) atoms. The third kappa shape index (κ3) is 8.01. The zero-order valence-corrected chi connectivity index (χ0v) is 21.1. The van der Waals surface area contributed by atoms with Crippen molar-refractivity contribution in [3.05, 3.63) is 65.2 Å². The van der Waals surface area contributed by atoms with Gasteiger partial charge >= 0.3 is 11.9 Å². The Morgan fingerprint density at radius 2 is 1.55 bits per heavy atom. The van der Waals surface area contributed by atoms with E-state index < -0.39 is 0 Å². The van der Waals surface area contributed by atoms with Crippen LogP contribution in [0, 0.1) is 5.92 Å². The number of carbonyl (C=O) groups excluding carboxylic acids is 2. The Morgan fingerprint density at radius 3 is 2.09 bits per heavy atom. The molecular weight excluding hydrogens is 414 g/mol. The van der Waals surface area contributed by atoms with E-state index in [0.717, 1.165) is 24.0 Å². The van der Waals surface area contributed by atoms with Crippen LogP contribution in [-0.2, 0) is 27.4 Å². The van der Waals surface area contributed by atoms with Crippen molar-refractivity contribution in [1.82, 2.24) is 4.90 Å². The minimum Gasteiger partial charge on any atom is -0.461 e. The van der Waals surface area contributed by atoms with E-state index in [0.29, 0.717) is 17.8 Å². The second kappa shape index (κ2) is 12.5. The van der Waals surface area contributed by atoms with Gasteiger partial charge in [0.25, 0.3) is 0 Å². The minimum atomic E-state index is -0.319. The third-order valence-electron chi connectivity index (χ3n) is 5.67. The number of carbonyl (C=O) groups is 2. The van der Waals surface area contributed by atoms with Crippen LogP contribution >= 0.6 is 0 Å². The second-order valence-electron chi connectivity index (χ2n) is 9.40. The first-order chi connectivity index (χ1) is 15.6. The highest BCUT2D eigenvalue weighted by Crippen LogP contribution is 2.32. The molecule has 0 saturated heterocycles. The molecule has 1 atom stereocenters. The molecule has 0 fully saturated rings. The van der Waals surface area contributed by atoms with Gasteiger partial charge in [-0.2, -0.15) is 0 Å². The van der Waals surface area contributed by atoms with Crippen molar-refractivity contribution in [2.24, 2.45) is 5.92 Å². The summed E-state index contributed by atoms with van der Waals surface area (Å²) in [5.41, 5.74) is 3.10. The molecule has 0 heterocycles. The van der Waals surface area contributed by atoms with E-state index in [1.54, 1.807) is 0 Å². The average Bonchev–Trinajstić information content (AvgIpc) is 2.76. The lowest BCUT2D eigenvalue weighted by Gasteiger charge is -2.39. The summed E-state index contributed by atoms with van der Waals surface area (Å²) in [6.07, 6.45) is 1.59. The lowest BCUT2D eigenvalue weighted by atomic mass is 9.94. The number of benzene rings is 2. The Labute approximate surface area is 199 Å². The van der Waals surface area contributed by atoms with E-state index in [2.05, 4.69) is 56.9 Å². The summed E-state index contributed by atoms with van der Waals surface area (Å²) < 4.78 is 10.9. The quantitative estimate of drug-likeness (QED) is 0.304.